The molecule has 2 saturated heterocycles. The number of hydrogen-bond donors (Lipinski definition) is 1. The summed E-state index contributed by atoms with van der Waals surface area (Å²) < 4.78 is 4.62. The van der Waals surface area contributed by atoms with E-state index in [0.717, 1.165) is 5.56 Å². The molecule has 1 N–H and O–H groups in total. The number of carbonyl (C=O) groups is 3. The number of amides is 2. The van der Waals surface area contributed by atoms with Crippen LogP contribution in [0.4, 0.5) is 0 Å². The molecule has 0 saturated carbocycles. The zero-order chi connectivity index (χ0) is 24.7. The van der Waals surface area contributed by atoms with Crippen LogP contribution in [0.3, 0.4) is 0 Å². The number of rotatable bonds is 5. The number of hydrogen-bond acceptors (Lipinski definition) is 6. The van der Waals surface area contributed by atoms with Gasteiger partial charge in [0.25, 0.3) is 0 Å². The highest BCUT2D eigenvalue weighted by Gasteiger charge is 2.71. The predicted molar refractivity (Wildman–Crippen MR) is 133 cm³/mol. The molecule has 5 rings (SSSR count). The fraction of sp³-hybridized carbons (Fsp3) is 0.519. The van der Waals surface area contributed by atoms with Crippen molar-refractivity contribution in [2.45, 2.75) is 48.9 Å². The Kier molecular flexibility index (Phi) is 6.53. The lowest BCUT2D eigenvalue weighted by Gasteiger charge is -2.39. The van der Waals surface area contributed by atoms with Crippen molar-refractivity contribution in [2.75, 3.05) is 19.8 Å². The van der Waals surface area contributed by atoms with Crippen molar-refractivity contribution in [2.24, 2.45) is 17.8 Å². The number of benzene rings is 1. The highest BCUT2D eigenvalue weighted by molar-refractivity contribution is 8.02. The van der Waals surface area contributed by atoms with E-state index in [-0.39, 0.29) is 42.2 Å². The Labute approximate surface area is 210 Å². The van der Waals surface area contributed by atoms with E-state index in [1.807, 2.05) is 68.5 Å². The average molecular weight is 497 g/mol. The molecular weight excluding hydrogens is 464 g/mol. The quantitative estimate of drug-likeness (QED) is 0.498. The summed E-state index contributed by atoms with van der Waals surface area (Å²) in [6, 6.07) is 8.46. The third-order valence-corrected chi connectivity index (χ3v) is 9.42. The van der Waals surface area contributed by atoms with Crippen molar-refractivity contribution in [1.29, 1.82) is 0 Å². The minimum atomic E-state index is -0.898. The summed E-state index contributed by atoms with van der Waals surface area (Å²) in [5.74, 6) is -2.21. The molecule has 6 atom stereocenters. The van der Waals surface area contributed by atoms with Crippen LogP contribution in [0.2, 0.25) is 0 Å². The molecule has 1 aromatic rings. The number of likely N-dealkylation sites (tertiary alicyclic amines) is 1. The second kappa shape index (κ2) is 9.47. The number of cyclic esters (lactones) is 1. The molecule has 0 bridgehead atoms. The highest BCUT2D eigenvalue weighted by Crippen LogP contribution is 2.61. The molecule has 1 spiro atoms. The molecule has 4 heterocycles. The molecule has 0 aromatic heterocycles. The van der Waals surface area contributed by atoms with E-state index in [9.17, 15) is 19.5 Å². The first-order valence-electron chi connectivity index (χ1n) is 12.3. The van der Waals surface area contributed by atoms with Crippen molar-refractivity contribution in [3.63, 3.8) is 0 Å². The topological polar surface area (TPSA) is 87.2 Å². The standard InChI is InChI=1S/C27H32N2O5S/c1-17(2)19(16-30)29-23-25(32)28(15-18-9-4-3-5-10-18)13-8-12-27(23)22(24(29)31)21-20(35-27)11-6-7-14-34-26(21)33/h3-6,8-12,17,19-23,30H,7,13-16H2,1-2H3/t19-,20+,21-,22-,23?,27-/m0/s1. The van der Waals surface area contributed by atoms with Crippen LogP contribution in [0.15, 0.2) is 54.6 Å². The number of nitrogens with zero attached hydrogens (tertiary/aromatic N) is 2. The molecule has 4 aliphatic rings. The van der Waals surface area contributed by atoms with Crippen LogP contribution in [0, 0.1) is 17.8 Å². The van der Waals surface area contributed by atoms with Gasteiger partial charge in [0.15, 0.2) is 0 Å². The lowest BCUT2D eigenvalue weighted by molar-refractivity contribution is -0.154. The second-order valence-electron chi connectivity index (χ2n) is 10.1. The SMILES string of the molecule is CC(C)[C@H](CO)N1C(=O)[C@@H]2[C@H]3C(=O)OCCC=C[C@H]3S[C@@]23C=CCN(Cc2ccccc2)C(=O)C13. The molecule has 0 radical (unpaired) electrons. The fourth-order valence-electron chi connectivity index (χ4n) is 6.02. The number of thioether (sulfide) groups is 1. The van der Waals surface area contributed by atoms with Gasteiger partial charge in [-0.1, -0.05) is 68.5 Å². The lowest BCUT2D eigenvalue weighted by atomic mass is 9.78. The van der Waals surface area contributed by atoms with Crippen LogP contribution in [-0.2, 0) is 25.7 Å². The third-order valence-electron chi connectivity index (χ3n) is 7.67. The van der Waals surface area contributed by atoms with Gasteiger partial charge in [-0.15, -0.1) is 11.8 Å². The van der Waals surface area contributed by atoms with Gasteiger partial charge in [0.2, 0.25) is 11.8 Å². The summed E-state index contributed by atoms with van der Waals surface area (Å²) in [5.41, 5.74) is 1.01. The maximum Gasteiger partial charge on any atom is 0.311 e. The molecule has 2 amide bonds. The Hall–Kier alpha value is -2.58. The summed E-state index contributed by atoms with van der Waals surface area (Å²) in [4.78, 5) is 44.9. The van der Waals surface area contributed by atoms with E-state index in [1.54, 1.807) is 9.80 Å². The van der Waals surface area contributed by atoms with Crippen molar-refractivity contribution in [1.82, 2.24) is 9.80 Å². The van der Waals surface area contributed by atoms with E-state index >= 15 is 0 Å². The number of aliphatic hydroxyl groups excluding tert-OH is 1. The summed E-state index contributed by atoms with van der Waals surface area (Å²) >= 11 is 1.53. The number of fused-ring (bicyclic) bond motifs is 2. The van der Waals surface area contributed by atoms with Crippen molar-refractivity contribution >= 4 is 29.5 Å². The predicted octanol–water partition coefficient (Wildman–Crippen LogP) is 2.40. The van der Waals surface area contributed by atoms with Gasteiger partial charge >= 0.3 is 5.97 Å². The first kappa shape index (κ1) is 24.1. The van der Waals surface area contributed by atoms with Gasteiger partial charge in [-0.2, -0.15) is 0 Å². The Balaban J connectivity index is 1.61. The summed E-state index contributed by atoms with van der Waals surface area (Å²) in [5, 5.41) is 10.1. The normalized spacial score (nSPS) is 33.1. The van der Waals surface area contributed by atoms with Crippen LogP contribution in [0.25, 0.3) is 0 Å². The second-order valence-corrected chi connectivity index (χ2v) is 11.6. The summed E-state index contributed by atoms with van der Waals surface area (Å²) in [6.07, 6.45) is 8.61. The maximum absolute atomic E-state index is 14.3. The Bertz CT molecular complexity index is 1060. The van der Waals surface area contributed by atoms with Crippen LogP contribution < -0.4 is 0 Å². The molecule has 1 aromatic carbocycles. The fourth-order valence-corrected chi connectivity index (χ4v) is 8.00. The van der Waals surface area contributed by atoms with Gasteiger partial charge in [-0.25, -0.2) is 0 Å². The zero-order valence-corrected chi connectivity index (χ0v) is 20.9. The molecule has 7 nitrogen and oxygen atoms in total. The van der Waals surface area contributed by atoms with Gasteiger partial charge in [-0.05, 0) is 17.9 Å². The molecular formula is C27H32N2O5S. The molecule has 2 fully saturated rings. The van der Waals surface area contributed by atoms with Crippen LogP contribution in [0.1, 0.15) is 25.8 Å². The average Bonchev–Trinajstić information content (AvgIpc) is 3.21. The van der Waals surface area contributed by atoms with Gasteiger partial charge < -0.3 is 19.6 Å². The first-order valence-corrected chi connectivity index (χ1v) is 13.2. The number of aliphatic hydroxyl groups is 1. The van der Waals surface area contributed by atoms with Crippen LogP contribution >= 0.6 is 11.8 Å². The zero-order valence-electron chi connectivity index (χ0n) is 20.1. The van der Waals surface area contributed by atoms with Gasteiger partial charge in [0.05, 0.1) is 35.8 Å². The van der Waals surface area contributed by atoms with E-state index in [0.29, 0.717) is 19.5 Å². The monoisotopic (exact) mass is 496 g/mol. The minimum absolute atomic E-state index is 0.0626. The Morgan fingerprint density at radius 1 is 1.14 bits per heavy atom. The van der Waals surface area contributed by atoms with E-state index in [1.165, 1.54) is 11.8 Å². The number of ether oxygens (including phenoxy) is 1. The van der Waals surface area contributed by atoms with Gasteiger partial charge in [0, 0.05) is 18.3 Å². The van der Waals surface area contributed by atoms with Crippen molar-refractivity contribution < 1.29 is 24.2 Å². The third kappa shape index (κ3) is 3.91. The van der Waals surface area contributed by atoms with Crippen LogP contribution in [0.5, 0.6) is 0 Å². The van der Waals surface area contributed by atoms with E-state index in [2.05, 4.69) is 0 Å². The van der Waals surface area contributed by atoms with Gasteiger partial charge in [0.1, 0.15) is 6.04 Å². The molecule has 0 aliphatic carbocycles. The Morgan fingerprint density at radius 2 is 1.91 bits per heavy atom. The lowest BCUT2D eigenvalue weighted by Crippen LogP contribution is -2.57. The molecule has 186 valence electrons. The van der Waals surface area contributed by atoms with E-state index in [4.69, 9.17) is 4.74 Å². The number of carbonyl (C=O) groups excluding carboxylic acids is 3. The smallest absolute Gasteiger partial charge is 0.311 e. The van der Waals surface area contributed by atoms with Crippen molar-refractivity contribution in [3.8, 4) is 0 Å². The largest absolute Gasteiger partial charge is 0.465 e. The van der Waals surface area contributed by atoms with Gasteiger partial charge in [-0.3, -0.25) is 14.4 Å². The molecule has 8 heteroatoms. The first-order chi connectivity index (χ1) is 16.9. The summed E-state index contributed by atoms with van der Waals surface area (Å²) in [7, 11) is 0. The highest BCUT2D eigenvalue weighted by atomic mass is 32.2. The van der Waals surface area contributed by atoms with Crippen LogP contribution in [-0.4, -0.2) is 74.5 Å². The number of esters is 1. The maximum atomic E-state index is 14.3. The molecule has 1 unspecified atom stereocenters. The Morgan fingerprint density at radius 3 is 2.63 bits per heavy atom. The molecule has 35 heavy (non-hydrogen) atoms. The molecule has 4 aliphatic heterocycles. The summed E-state index contributed by atoms with van der Waals surface area (Å²) in [6.45, 7) is 4.76. The minimum Gasteiger partial charge on any atom is -0.465 e. The van der Waals surface area contributed by atoms with E-state index < -0.39 is 28.7 Å². The van der Waals surface area contributed by atoms with Crippen molar-refractivity contribution in [3.05, 3.63) is 60.2 Å².